The largest absolute Gasteiger partial charge is 0.497 e. The Morgan fingerprint density at radius 1 is 1.33 bits per heavy atom. The summed E-state index contributed by atoms with van der Waals surface area (Å²) in [7, 11) is 3.42. The molecule has 0 aliphatic heterocycles. The average Bonchev–Trinajstić information content (AvgIpc) is 2.54. The van der Waals surface area contributed by atoms with Gasteiger partial charge in [0.2, 0.25) is 0 Å². The van der Waals surface area contributed by atoms with Crippen molar-refractivity contribution in [1.29, 1.82) is 0 Å². The van der Waals surface area contributed by atoms with Crippen molar-refractivity contribution >= 4 is 17.7 Å². The Kier molecular flexibility index (Phi) is 5.22. The lowest BCUT2D eigenvalue weighted by atomic mass is 10.2. The van der Waals surface area contributed by atoms with Crippen LogP contribution in [0.3, 0.4) is 0 Å². The van der Waals surface area contributed by atoms with Crippen LogP contribution in [0.15, 0.2) is 47.6 Å². The Bertz CT molecular complexity index is 631. The molecule has 0 aliphatic carbocycles. The van der Waals surface area contributed by atoms with E-state index in [1.807, 2.05) is 36.6 Å². The maximum Gasteiger partial charge on any atom is 0.256 e. The Hall–Kier alpha value is -2.01. The number of aromatic nitrogens is 1. The molecule has 0 saturated carbocycles. The first-order valence-corrected chi connectivity index (χ1v) is 7.75. The molecule has 21 heavy (non-hydrogen) atoms. The predicted octanol–water partition coefficient (Wildman–Crippen LogP) is 3.08. The van der Waals surface area contributed by atoms with Gasteiger partial charge in [0.05, 0.1) is 12.7 Å². The van der Waals surface area contributed by atoms with E-state index in [1.54, 1.807) is 31.3 Å². The van der Waals surface area contributed by atoms with E-state index in [4.69, 9.17) is 4.74 Å². The van der Waals surface area contributed by atoms with Gasteiger partial charge in [0, 0.05) is 19.8 Å². The molecule has 0 spiro atoms. The second-order valence-corrected chi connectivity index (χ2v) is 5.37. The Labute approximate surface area is 129 Å². The lowest BCUT2D eigenvalue weighted by molar-refractivity contribution is 0.0780. The summed E-state index contributed by atoms with van der Waals surface area (Å²) in [6, 6.07) is 11.3. The van der Waals surface area contributed by atoms with Gasteiger partial charge in [0.1, 0.15) is 10.8 Å². The summed E-state index contributed by atoms with van der Waals surface area (Å²) in [6.45, 7) is 0.527. The second-order valence-electron chi connectivity index (χ2n) is 4.57. The van der Waals surface area contributed by atoms with Crippen LogP contribution in [0.25, 0.3) is 0 Å². The molecular formula is C16H18N2O2S. The van der Waals surface area contributed by atoms with Gasteiger partial charge in [-0.15, -0.1) is 11.8 Å². The third-order valence-corrected chi connectivity index (χ3v) is 3.81. The summed E-state index contributed by atoms with van der Waals surface area (Å²) in [5.74, 6) is 0.759. The van der Waals surface area contributed by atoms with Gasteiger partial charge in [-0.25, -0.2) is 4.98 Å². The van der Waals surface area contributed by atoms with Crippen LogP contribution in [0.2, 0.25) is 0 Å². The van der Waals surface area contributed by atoms with Crippen molar-refractivity contribution in [2.24, 2.45) is 0 Å². The van der Waals surface area contributed by atoms with Crippen LogP contribution in [-0.4, -0.2) is 36.2 Å². The second kappa shape index (κ2) is 7.13. The summed E-state index contributed by atoms with van der Waals surface area (Å²) >= 11 is 1.47. The fourth-order valence-corrected chi connectivity index (χ4v) is 2.58. The molecule has 1 heterocycles. The maximum atomic E-state index is 12.5. The van der Waals surface area contributed by atoms with Crippen LogP contribution in [0.4, 0.5) is 0 Å². The lowest BCUT2D eigenvalue weighted by Gasteiger charge is -2.18. The summed E-state index contributed by atoms with van der Waals surface area (Å²) < 4.78 is 5.20. The van der Waals surface area contributed by atoms with Crippen molar-refractivity contribution in [3.05, 3.63) is 53.7 Å². The van der Waals surface area contributed by atoms with Crippen molar-refractivity contribution in [2.45, 2.75) is 11.6 Å². The lowest BCUT2D eigenvalue weighted by Crippen LogP contribution is -2.26. The van der Waals surface area contributed by atoms with E-state index in [2.05, 4.69) is 4.98 Å². The maximum absolute atomic E-state index is 12.5. The van der Waals surface area contributed by atoms with Gasteiger partial charge in [0.15, 0.2) is 0 Å². The molecule has 2 rings (SSSR count). The number of rotatable bonds is 5. The van der Waals surface area contributed by atoms with E-state index in [-0.39, 0.29) is 5.91 Å². The van der Waals surface area contributed by atoms with E-state index < -0.39 is 0 Å². The first kappa shape index (κ1) is 15.4. The number of pyridine rings is 1. The smallest absolute Gasteiger partial charge is 0.256 e. The number of carbonyl (C=O) groups excluding carboxylic acids is 1. The van der Waals surface area contributed by atoms with Crippen LogP contribution >= 0.6 is 11.8 Å². The number of methoxy groups -OCH3 is 1. The van der Waals surface area contributed by atoms with Crippen molar-refractivity contribution < 1.29 is 9.53 Å². The standard InChI is InChI=1S/C16H18N2O2S/c1-18(11-12-6-4-7-13(10-12)20-2)16(19)14-8-5-9-17-15(14)21-3/h4-10H,11H2,1-3H3. The Balaban J connectivity index is 2.15. The highest BCUT2D eigenvalue weighted by atomic mass is 32.2. The summed E-state index contributed by atoms with van der Waals surface area (Å²) in [4.78, 5) is 18.4. The molecule has 0 N–H and O–H groups in total. The number of hydrogen-bond donors (Lipinski definition) is 0. The molecule has 0 unspecified atom stereocenters. The van der Waals surface area contributed by atoms with Crippen LogP contribution in [0.1, 0.15) is 15.9 Å². The minimum atomic E-state index is -0.0322. The Morgan fingerprint density at radius 2 is 2.14 bits per heavy atom. The highest BCUT2D eigenvalue weighted by Gasteiger charge is 2.16. The van der Waals surface area contributed by atoms with E-state index >= 15 is 0 Å². The minimum Gasteiger partial charge on any atom is -0.497 e. The molecule has 1 aromatic carbocycles. The summed E-state index contributed by atoms with van der Waals surface area (Å²) in [5, 5.41) is 0.750. The van der Waals surface area contributed by atoms with Crippen LogP contribution in [-0.2, 0) is 6.54 Å². The molecule has 0 bridgehead atoms. The van der Waals surface area contributed by atoms with Gasteiger partial charge in [-0.3, -0.25) is 4.79 Å². The quantitative estimate of drug-likeness (QED) is 0.796. The van der Waals surface area contributed by atoms with Crippen LogP contribution in [0.5, 0.6) is 5.75 Å². The highest BCUT2D eigenvalue weighted by molar-refractivity contribution is 7.98. The van der Waals surface area contributed by atoms with E-state index in [9.17, 15) is 4.79 Å². The van der Waals surface area contributed by atoms with Crippen molar-refractivity contribution in [2.75, 3.05) is 20.4 Å². The van der Waals surface area contributed by atoms with Gasteiger partial charge < -0.3 is 9.64 Å². The average molecular weight is 302 g/mol. The number of carbonyl (C=O) groups is 1. The summed E-state index contributed by atoms with van der Waals surface area (Å²) in [5.41, 5.74) is 1.66. The van der Waals surface area contributed by atoms with E-state index in [0.29, 0.717) is 12.1 Å². The molecule has 0 aliphatic rings. The molecule has 4 nitrogen and oxygen atoms in total. The van der Waals surface area contributed by atoms with Crippen LogP contribution in [0, 0.1) is 0 Å². The van der Waals surface area contributed by atoms with Gasteiger partial charge in [-0.05, 0) is 36.1 Å². The first-order valence-electron chi connectivity index (χ1n) is 6.53. The van der Waals surface area contributed by atoms with Crippen molar-refractivity contribution in [3.8, 4) is 5.75 Å². The molecule has 0 fully saturated rings. The molecule has 0 radical (unpaired) electrons. The highest BCUT2D eigenvalue weighted by Crippen LogP contribution is 2.20. The third-order valence-electron chi connectivity index (χ3n) is 3.10. The molecule has 1 amide bonds. The zero-order chi connectivity index (χ0) is 15.2. The van der Waals surface area contributed by atoms with E-state index in [1.165, 1.54) is 11.8 Å². The number of benzene rings is 1. The number of ether oxygens (including phenoxy) is 1. The third kappa shape index (κ3) is 3.76. The van der Waals surface area contributed by atoms with Crippen molar-refractivity contribution in [1.82, 2.24) is 9.88 Å². The van der Waals surface area contributed by atoms with Gasteiger partial charge >= 0.3 is 0 Å². The molecule has 0 atom stereocenters. The Morgan fingerprint density at radius 3 is 2.86 bits per heavy atom. The number of amides is 1. The van der Waals surface area contributed by atoms with Gasteiger partial charge in [-0.1, -0.05) is 12.1 Å². The van der Waals surface area contributed by atoms with E-state index in [0.717, 1.165) is 16.3 Å². The van der Waals surface area contributed by atoms with Crippen molar-refractivity contribution in [3.63, 3.8) is 0 Å². The predicted molar refractivity (Wildman–Crippen MR) is 84.8 cm³/mol. The first-order chi connectivity index (χ1) is 10.2. The fraction of sp³-hybridized carbons (Fsp3) is 0.250. The normalized spacial score (nSPS) is 10.2. The topological polar surface area (TPSA) is 42.4 Å². The monoisotopic (exact) mass is 302 g/mol. The zero-order valence-electron chi connectivity index (χ0n) is 12.4. The van der Waals surface area contributed by atoms with Gasteiger partial charge in [0.25, 0.3) is 5.91 Å². The number of hydrogen-bond acceptors (Lipinski definition) is 4. The molecular weight excluding hydrogens is 284 g/mol. The minimum absolute atomic E-state index is 0.0322. The molecule has 110 valence electrons. The van der Waals surface area contributed by atoms with Crippen LogP contribution < -0.4 is 4.74 Å². The van der Waals surface area contributed by atoms with Gasteiger partial charge in [-0.2, -0.15) is 0 Å². The number of nitrogens with zero attached hydrogens (tertiary/aromatic N) is 2. The fourth-order valence-electron chi connectivity index (χ4n) is 2.04. The molecule has 1 aromatic heterocycles. The summed E-state index contributed by atoms with van der Waals surface area (Å²) in [6.07, 6.45) is 3.62. The number of thioether (sulfide) groups is 1. The molecule has 0 saturated heterocycles. The molecule has 5 heteroatoms. The SMILES string of the molecule is COc1cccc(CN(C)C(=O)c2cccnc2SC)c1. The molecule has 2 aromatic rings. The zero-order valence-corrected chi connectivity index (χ0v) is 13.2.